The highest BCUT2D eigenvalue weighted by atomic mass is 32.2. The summed E-state index contributed by atoms with van der Waals surface area (Å²) in [4.78, 5) is 24.8. The summed E-state index contributed by atoms with van der Waals surface area (Å²) in [6.07, 6.45) is 0. The van der Waals surface area contributed by atoms with Gasteiger partial charge in [0.1, 0.15) is 5.75 Å². The number of hydrogen-bond acceptors (Lipinski definition) is 3. The van der Waals surface area contributed by atoms with Gasteiger partial charge in [-0.3, -0.25) is 9.00 Å². The average Bonchev–Trinajstić information content (AvgIpc) is 2.56. The van der Waals surface area contributed by atoms with Gasteiger partial charge in [-0.05, 0) is 36.8 Å². The van der Waals surface area contributed by atoms with Gasteiger partial charge in [-0.25, -0.2) is 4.79 Å². The lowest BCUT2D eigenvalue weighted by Crippen LogP contribution is -2.34. The Kier molecular flexibility index (Phi) is 6.26. The van der Waals surface area contributed by atoms with Gasteiger partial charge in [0, 0.05) is 28.8 Å². The highest BCUT2D eigenvalue weighted by Gasteiger charge is 2.17. The van der Waals surface area contributed by atoms with Crippen molar-refractivity contribution in [2.45, 2.75) is 12.7 Å². The molecule has 2 rings (SSSR count). The van der Waals surface area contributed by atoms with E-state index >= 15 is 0 Å². The molecule has 0 aliphatic rings. The number of carbonyl (C=O) groups excluding carboxylic acids is 1. The summed E-state index contributed by atoms with van der Waals surface area (Å²) < 4.78 is 12.2. The molecule has 0 radical (unpaired) electrons. The molecule has 1 N–H and O–H groups in total. The van der Waals surface area contributed by atoms with Crippen LogP contribution in [0.5, 0.6) is 0 Å². The number of carbonyl (C=O) groups is 2. The number of para-hydroxylation sites is 1. The molecule has 2 aromatic carbocycles. The van der Waals surface area contributed by atoms with E-state index in [2.05, 4.69) is 0 Å². The highest BCUT2D eigenvalue weighted by molar-refractivity contribution is 7.84. The van der Waals surface area contributed by atoms with Crippen LogP contribution in [0.4, 0.5) is 5.69 Å². The number of carboxylic acid groups (broad SMARTS) is 1. The standard InChI is InChI=1S/C18H19NO4S/c1-2-19(16-6-4-3-5-7-16)17(20)13-24(23)12-14-8-10-15(11-9-14)18(21)22/h3-11H,2,12-13H2,1H3,(H,21,22). The number of anilines is 1. The van der Waals surface area contributed by atoms with Gasteiger partial charge in [-0.15, -0.1) is 0 Å². The SMILES string of the molecule is CCN(C(=O)CS(=O)Cc1ccc(C(=O)O)cc1)c1ccccc1. The summed E-state index contributed by atoms with van der Waals surface area (Å²) in [6, 6.07) is 15.5. The van der Waals surface area contributed by atoms with Crippen molar-refractivity contribution in [1.82, 2.24) is 0 Å². The first-order valence-electron chi connectivity index (χ1n) is 7.54. The highest BCUT2D eigenvalue weighted by Crippen LogP contribution is 2.14. The molecule has 0 spiro atoms. The van der Waals surface area contributed by atoms with Gasteiger partial charge in [0.15, 0.2) is 0 Å². The van der Waals surface area contributed by atoms with Crippen LogP contribution < -0.4 is 4.90 Å². The molecule has 1 unspecified atom stereocenters. The molecule has 2 aromatic rings. The van der Waals surface area contributed by atoms with Crippen molar-refractivity contribution in [3.63, 3.8) is 0 Å². The summed E-state index contributed by atoms with van der Waals surface area (Å²) >= 11 is 0. The van der Waals surface area contributed by atoms with Crippen LogP contribution in [0.1, 0.15) is 22.8 Å². The Morgan fingerprint density at radius 3 is 2.21 bits per heavy atom. The number of rotatable bonds is 7. The molecule has 0 heterocycles. The van der Waals surface area contributed by atoms with Crippen LogP contribution in [0.2, 0.25) is 0 Å². The normalized spacial score (nSPS) is 11.7. The van der Waals surface area contributed by atoms with Gasteiger partial charge in [0.05, 0.1) is 5.56 Å². The van der Waals surface area contributed by atoms with Crippen LogP contribution in [0.3, 0.4) is 0 Å². The molecule has 5 nitrogen and oxygen atoms in total. The predicted molar refractivity (Wildman–Crippen MR) is 94.6 cm³/mol. The Bertz CT molecular complexity index is 728. The summed E-state index contributed by atoms with van der Waals surface area (Å²) in [5.74, 6) is -1.04. The molecular formula is C18H19NO4S. The minimum Gasteiger partial charge on any atom is -0.478 e. The van der Waals surface area contributed by atoms with E-state index < -0.39 is 16.8 Å². The zero-order chi connectivity index (χ0) is 17.5. The maximum Gasteiger partial charge on any atom is 0.335 e. The lowest BCUT2D eigenvalue weighted by Gasteiger charge is -2.20. The molecule has 0 fully saturated rings. The Morgan fingerprint density at radius 2 is 1.67 bits per heavy atom. The van der Waals surface area contributed by atoms with E-state index in [1.54, 1.807) is 17.0 Å². The second-order valence-corrected chi connectivity index (χ2v) is 6.66. The number of nitrogens with zero attached hydrogens (tertiary/aromatic N) is 1. The topological polar surface area (TPSA) is 74.7 Å². The lowest BCUT2D eigenvalue weighted by molar-refractivity contribution is -0.116. The second kappa shape index (κ2) is 8.40. The van der Waals surface area contributed by atoms with E-state index in [0.717, 1.165) is 11.3 Å². The van der Waals surface area contributed by atoms with Crippen molar-refractivity contribution >= 4 is 28.4 Å². The van der Waals surface area contributed by atoms with Crippen LogP contribution in [-0.2, 0) is 21.3 Å². The van der Waals surface area contributed by atoms with Crippen LogP contribution in [0, 0.1) is 0 Å². The van der Waals surface area contributed by atoms with Crippen LogP contribution >= 0.6 is 0 Å². The number of aromatic carboxylic acids is 1. The number of hydrogen-bond donors (Lipinski definition) is 1. The maximum absolute atomic E-state index is 12.4. The molecule has 0 bridgehead atoms. The Hall–Kier alpha value is -2.47. The molecule has 0 aliphatic carbocycles. The quantitative estimate of drug-likeness (QED) is 0.837. The molecular weight excluding hydrogens is 326 g/mol. The lowest BCUT2D eigenvalue weighted by atomic mass is 10.1. The third-order valence-corrected chi connectivity index (χ3v) is 4.72. The summed E-state index contributed by atoms with van der Waals surface area (Å²) in [5.41, 5.74) is 1.71. The first kappa shape index (κ1) is 17.9. The average molecular weight is 345 g/mol. The Morgan fingerprint density at radius 1 is 1.04 bits per heavy atom. The first-order valence-corrected chi connectivity index (χ1v) is 9.02. The number of benzene rings is 2. The fraction of sp³-hybridized carbons (Fsp3) is 0.222. The fourth-order valence-corrected chi connectivity index (χ4v) is 3.40. The van der Waals surface area contributed by atoms with E-state index in [-0.39, 0.29) is 23.0 Å². The molecule has 0 saturated heterocycles. The van der Waals surface area contributed by atoms with Crippen molar-refractivity contribution in [2.75, 3.05) is 17.2 Å². The molecule has 1 amide bonds. The van der Waals surface area contributed by atoms with E-state index in [1.165, 1.54) is 12.1 Å². The molecule has 1 atom stereocenters. The largest absolute Gasteiger partial charge is 0.478 e. The summed E-state index contributed by atoms with van der Waals surface area (Å²) in [6.45, 7) is 2.38. The first-order chi connectivity index (χ1) is 11.5. The minimum absolute atomic E-state index is 0.0661. The van der Waals surface area contributed by atoms with Gasteiger partial charge in [0.2, 0.25) is 5.91 Å². The van der Waals surface area contributed by atoms with Gasteiger partial charge in [-0.2, -0.15) is 0 Å². The molecule has 24 heavy (non-hydrogen) atoms. The van der Waals surface area contributed by atoms with Crippen molar-refractivity contribution < 1.29 is 18.9 Å². The van der Waals surface area contributed by atoms with Crippen molar-refractivity contribution in [3.8, 4) is 0 Å². The van der Waals surface area contributed by atoms with Crippen molar-refractivity contribution in [3.05, 3.63) is 65.7 Å². The molecule has 0 aliphatic heterocycles. The minimum atomic E-state index is -1.35. The molecule has 6 heteroatoms. The zero-order valence-corrected chi connectivity index (χ0v) is 14.2. The Labute approximate surface area is 143 Å². The van der Waals surface area contributed by atoms with Crippen LogP contribution in [0.25, 0.3) is 0 Å². The number of carboxylic acids is 1. The zero-order valence-electron chi connectivity index (χ0n) is 13.3. The third kappa shape index (κ3) is 4.76. The smallest absolute Gasteiger partial charge is 0.335 e. The summed E-state index contributed by atoms with van der Waals surface area (Å²) in [5, 5.41) is 8.86. The van der Waals surface area contributed by atoms with Crippen molar-refractivity contribution in [2.24, 2.45) is 0 Å². The predicted octanol–water partition coefficient (Wildman–Crippen LogP) is 2.69. The molecule has 0 aromatic heterocycles. The van der Waals surface area contributed by atoms with Crippen LogP contribution in [0.15, 0.2) is 54.6 Å². The Balaban J connectivity index is 1.98. The van der Waals surface area contributed by atoms with E-state index in [0.29, 0.717) is 6.54 Å². The molecule has 126 valence electrons. The van der Waals surface area contributed by atoms with Gasteiger partial charge < -0.3 is 10.0 Å². The van der Waals surface area contributed by atoms with E-state index in [1.807, 2.05) is 37.3 Å². The number of amides is 1. The molecule has 0 saturated carbocycles. The van der Waals surface area contributed by atoms with Crippen LogP contribution in [-0.4, -0.2) is 33.5 Å². The van der Waals surface area contributed by atoms with E-state index in [9.17, 15) is 13.8 Å². The second-order valence-electron chi connectivity index (χ2n) is 5.20. The van der Waals surface area contributed by atoms with Gasteiger partial charge >= 0.3 is 5.97 Å². The van der Waals surface area contributed by atoms with Gasteiger partial charge in [-0.1, -0.05) is 30.3 Å². The monoisotopic (exact) mass is 345 g/mol. The third-order valence-electron chi connectivity index (χ3n) is 3.50. The van der Waals surface area contributed by atoms with Gasteiger partial charge in [0.25, 0.3) is 0 Å². The van der Waals surface area contributed by atoms with Crippen molar-refractivity contribution in [1.29, 1.82) is 0 Å². The van der Waals surface area contributed by atoms with E-state index in [4.69, 9.17) is 5.11 Å². The summed E-state index contributed by atoms with van der Waals surface area (Å²) in [7, 11) is -1.35. The maximum atomic E-state index is 12.4. The fourth-order valence-electron chi connectivity index (χ4n) is 2.31.